The second-order valence-corrected chi connectivity index (χ2v) is 5.64. The second kappa shape index (κ2) is 8.35. The smallest absolute Gasteiger partial charge is 0.339 e. The zero-order chi connectivity index (χ0) is 17.5. The van der Waals surface area contributed by atoms with Crippen molar-refractivity contribution in [1.82, 2.24) is 5.43 Å². The van der Waals surface area contributed by atoms with Crippen LogP contribution in [0.4, 0.5) is 10.5 Å². The van der Waals surface area contributed by atoms with Crippen molar-refractivity contribution < 1.29 is 14.3 Å². The zero-order valence-electron chi connectivity index (χ0n) is 13.6. The molecule has 0 bridgehead atoms. The Bertz CT molecular complexity index is 763. The molecular formula is C17H18BrN3O3. The molecule has 2 amide bonds. The first-order valence-electron chi connectivity index (χ1n) is 7.13. The van der Waals surface area contributed by atoms with Crippen molar-refractivity contribution >= 4 is 33.9 Å². The van der Waals surface area contributed by atoms with Gasteiger partial charge in [-0.15, -0.1) is 0 Å². The molecule has 0 spiro atoms. The van der Waals surface area contributed by atoms with Crippen molar-refractivity contribution in [2.45, 2.75) is 6.92 Å². The van der Waals surface area contributed by atoms with Gasteiger partial charge in [-0.1, -0.05) is 18.2 Å². The number of ether oxygens (including phenoxy) is 2. The average molecular weight is 392 g/mol. The fraction of sp³-hybridized carbons (Fsp3) is 0.176. The largest absolute Gasteiger partial charge is 0.493 e. The molecule has 0 aliphatic carbocycles. The number of aryl methyl sites for hydroxylation is 1. The first kappa shape index (κ1) is 17.8. The first-order valence-corrected chi connectivity index (χ1v) is 7.92. The predicted octanol–water partition coefficient (Wildman–Crippen LogP) is 3.93. The summed E-state index contributed by atoms with van der Waals surface area (Å²) in [6, 6.07) is 10.6. The molecule has 2 N–H and O–H groups in total. The van der Waals surface area contributed by atoms with Gasteiger partial charge in [0.2, 0.25) is 0 Å². The molecule has 0 atom stereocenters. The van der Waals surface area contributed by atoms with Gasteiger partial charge in [-0.05, 0) is 46.6 Å². The maximum atomic E-state index is 11.9. The van der Waals surface area contributed by atoms with E-state index in [0.29, 0.717) is 16.0 Å². The Kier molecular flexibility index (Phi) is 6.20. The third-order valence-electron chi connectivity index (χ3n) is 3.28. The minimum absolute atomic E-state index is 0.419. The third kappa shape index (κ3) is 4.26. The van der Waals surface area contributed by atoms with Crippen LogP contribution in [0.2, 0.25) is 0 Å². The monoisotopic (exact) mass is 391 g/mol. The molecule has 0 aliphatic rings. The molecule has 0 saturated carbocycles. The number of anilines is 1. The number of hydrazone groups is 1. The highest BCUT2D eigenvalue weighted by Crippen LogP contribution is 2.36. The molecular weight excluding hydrogens is 374 g/mol. The van der Waals surface area contributed by atoms with Gasteiger partial charge in [-0.2, -0.15) is 5.10 Å². The number of para-hydroxylation sites is 1. The van der Waals surface area contributed by atoms with E-state index in [4.69, 9.17) is 9.47 Å². The van der Waals surface area contributed by atoms with Crippen molar-refractivity contribution in [2.75, 3.05) is 19.5 Å². The number of urea groups is 1. The van der Waals surface area contributed by atoms with E-state index >= 15 is 0 Å². The number of methoxy groups -OCH3 is 2. The highest BCUT2D eigenvalue weighted by atomic mass is 79.9. The standard InChI is InChI=1S/C17H18BrN3O3/c1-11-6-4-5-7-13(11)20-17(22)21-19-10-12-8-9-14(23-2)16(24-3)15(12)18/h4-10H,1-3H3,(H2,20,21,22)/b19-10-. The fourth-order valence-corrected chi connectivity index (χ4v) is 2.62. The number of nitrogens with one attached hydrogen (secondary N) is 2. The second-order valence-electron chi connectivity index (χ2n) is 4.84. The molecule has 0 fully saturated rings. The van der Waals surface area contributed by atoms with Crippen LogP contribution in [0.5, 0.6) is 11.5 Å². The van der Waals surface area contributed by atoms with Crippen molar-refractivity contribution in [3.05, 3.63) is 52.0 Å². The zero-order valence-corrected chi connectivity index (χ0v) is 15.2. The van der Waals surface area contributed by atoms with E-state index < -0.39 is 6.03 Å². The number of hydrogen-bond donors (Lipinski definition) is 2. The topological polar surface area (TPSA) is 72.0 Å². The van der Waals surface area contributed by atoms with Crippen LogP contribution in [-0.4, -0.2) is 26.5 Å². The molecule has 0 radical (unpaired) electrons. The van der Waals surface area contributed by atoms with Gasteiger partial charge in [0.25, 0.3) is 0 Å². The van der Waals surface area contributed by atoms with Crippen LogP contribution in [0, 0.1) is 6.92 Å². The number of halogens is 1. The summed E-state index contributed by atoms with van der Waals surface area (Å²) in [5, 5.41) is 6.68. The van der Waals surface area contributed by atoms with Crippen molar-refractivity contribution in [3.8, 4) is 11.5 Å². The molecule has 2 aromatic rings. The van der Waals surface area contributed by atoms with E-state index in [-0.39, 0.29) is 0 Å². The Morgan fingerprint density at radius 3 is 2.58 bits per heavy atom. The Morgan fingerprint density at radius 2 is 1.92 bits per heavy atom. The number of carbonyl (C=O) groups is 1. The number of nitrogens with zero attached hydrogens (tertiary/aromatic N) is 1. The average Bonchev–Trinajstić information content (AvgIpc) is 2.58. The van der Waals surface area contributed by atoms with Crippen molar-refractivity contribution in [2.24, 2.45) is 5.10 Å². The maximum absolute atomic E-state index is 11.9. The Hall–Kier alpha value is -2.54. The minimum atomic E-state index is -0.419. The molecule has 6 nitrogen and oxygen atoms in total. The molecule has 126 valence electrons. The maximum Gasteiger partial charge on any atom is 0.339 e. The molecule has 24 heavy (non-hydrogen) atoms. The first-order chi connectivity index (χ1) is 11.6. The van der Waals surface area contributed by atoms with Gasteiger partial charge in [-0.3, -0.25) is 0 Å². The molecule has 0 unspecified atom stereocenters. The summed E-state index contributed by atoms with van der Waals surface area (Å²) in [6.45, 7) is 1.92. The van der Waals surface area contributed by atoms with Gasteiger partial charge in [0.1, 0.15) is 0 Å². The lowest BCUT2D eigenvalue weighted by molar-refractivity contribution is 0.252. The molecule has 0 aromatic heterocycles. The number of benzene rings is 2. The number of rotatable bonds is 5. The van der Waals surface area contributed by atoms with E-state index in [1.807, 2.05) is 31.2 Å². The molecule has 2 aromatic carbocycles. The molecule has 2 rings (SSSR count). The normalized spacial score (nSPS) is 10.5. The minimum Gasteiger partial charge on any atom is -0.493 e. The van der Waals surface area contributed by atoms with Crippen LogP contribution >= 0.6 is 15.9 Å². The van der Waals surface area contributed by atoms with Gasteiger partial charge in [0, 0.05) is 11.3 Å². The van der Waals surface area contributed by atoms with E-state index in [1.165, 1.54) is 6.21 Å². The molecule has 7 heteroatoms. The lowest BCUT2D eigenvalue weighted by atomic mass is 10.2. The number of carbonyl (C=O) groups excluding carboxylic acids is 1. The van der Waals surface area contributed by atoms with Gasteiger partial charge in [0.15, 0.2) is 11.5 Å². The van der Waals surface area contributed by atoms with E-state index in [9.17, 15) is 4.79 Å². The summed E-state index contributed by atoms with van der Waals surface area (Å²) in [6.07, 6.45) is 1.52. The van der Waals surface area contributed by atoms with Crippen molar-refractivity contribution in [3.63, 3.8) is 0 Å². The van der Waals surface area contributed by atoms with E-state index in [1.54, 1.807) is 26.4 Å². The molecule has 0 saturated heterocycles. The summed E-state index contributed by atoms with van der Waals surface area (Å²) < 4.78 is 11.2. The Labute approximate surface area is 149 Å². The van der Waals surface area contributed by atoms with Crippen LogP contribution in [0.15, 0.2) is 46.0 Å². The third-order valence-corrected chi connectivity index (χ3v) is 4.10. The van der Waals surface area contributed by atoms with Gasteiger partial charge in [0.05, 0.1) is 24.9 Å². The van der Waals surface area contributed by atoms with Crippen LogP contribution in [0.1, 0.15) is 11.1 Å². The van der Waals surface area contributed by atoms with Gasteiger partial charge < -0.3 is 14.8 Å². The van der Waals surface area contributed by atoms with Crippen LogP contribution in [0.3, 0.4) is 0 Å². The molecule has 0 heterocycles. The molecule has 0 aliphatic heterocycles. The summed E-state index contributed by atoms with van der Waals surface area (Å²) in [5.41, 5.74) is 4.87. The lowest BCUT2D eigenvalue weighted by Gasteiger charge is -2.11. The Morgan fingerprint density at radius 1 is 1.17 bits per heavy atom. The number of amides is 2. The Balaban J connectivity index is 2.04. The SMILES string of the molecule is COc1ccc(/C=N\NC(=O)Nc2ccccc2C)c(Br)c1OC. The predicted molar refractivity (Wildman–Crippen MR) is 98.2 cm³/mol. The van der Waals surface area contributed by atoms with Gasteiger partial charge >= 0.3 is 6.03 Å². The van der Waals surface area contributed by atoms with E-state index in [0.717, 1.165) is 16.8 Å². The summed E-state index contributed by atoms with van der Waals surface area (Å²) >= 11 is 3.44. The van der Waals surface area contributed by atoms with E-state index in [2.05, 4.69) is 31.8 Å². The van der Waals surface area contributed by atoms with Crippen LogP contribution in [0.25, 0.3) is 0 Å². The summed E-state index contributed by atoms with van der Waals surface area (Å²) in [5.74, 6) is 1.16. The van der Waals surface area contributed by atoms with Gasteiger partial charge in [-0.25, -0.2) is 10.2 Å². The summed E-state index contributed by atoms with van der Waals surface area (Å²) in [7, 11) is 3.12. The highest BCUT2D eigenvalue weighted by molar-refractivity contribution is 9.10. The van der Waals surface area contributed by atoms with Crippen LogP contribution < -0.4 is 20.2 Å². The van der Waals surface area contributed by atoms with Crippen molar-refractivity contribution in [1.29, 1.82) is 0 Å². The summed E-state index contributed by atoms with van der Waals surface area (Å²) in [4.78, 5) is 11.9. The number of hydrogen-bond acceptors (Lipinski definition) is 4. The quantitative estimate of drug-likeness (QED) is 0.598. The van der Waals surface area contributed by atoms with Crippen LogP contribution in [-0.2, 0) is 0 Å². The fourth-order valence-electron chi connectivity index (χ4n) is 2.03. The highest BCUT2D eigenvalue weighted by Gasteiger charge is 2.11. The lowest BCUT2D eigenvalue weighted by Crippen LogP contribution is -2.24.